The number of carbonyl (C=O) groups is 1. The van der Waals surface area contributed by atoms with E-state index in [9.17, 15) is 4.79 Å². The van der Waals surface area contributed by atoms with Gasteiger partial charge in [0.25, 0.3) is 0 Å². The standard InChI is InChI=1S/C17H14BrNO/c1-12-6-7-13-8-9-19(16(13)10-12)11-17(20)14-4-2-3-5-15(14)18/h2-10H,11H2,1H3. The maximum Gasteiger partial charge on any atom is 0.183 e. The molecule has 1 heterocycles. The quantitative estimate of drug-likeness (QED) is 0.644. The van der Waals surface area contributed by atoms with Crippen LogP contribution in [0.2, 0.25) is 0 Å². The predicted octanol–water partition coefficient (Wildman–Crippen LogP) is 4.60. The molecule has 0 aliphatic heterocycles. The van der Waals surface area contributed by atoms with Crippen molar-refractivity contribution < 1.29 is 4.79 Å². The fraction of sp³-hybridized carbons (Fsp3) is 0.118. The summed E-state index contributed by atoms with van der Waals surface area (Å²) in [4.78, 5) is 12.4. The topological polar surface area (TPSA) is 22.0 Å². The van der Waals surface area contributed by atoms with Crippen molar-refractivity contribution in [1.82, 2.24) is 4.57 Å². The average Bonchev–Trinajstić information content (AvgIpc) is 2.82. The van der Waals surface area contributed by atoms with Crippen molar-refractivity contribution in [2.24, 2.45) is 0 Å². The van der Waals surface area contributed by atoms with Crippen LogP contribution in [0.4, 0.5) is 0 Å². The first kappa shape index (κ1) is 13.1. The van der Waals surface area contributed by atoms with E-state index in [4.69, 9.17) is 0 Å². The van der Waals surface area contributed by atoms with Gasteiger partial charge in [0.05, 0.1) is 6.54 Å². The molecular weight excluding hydrogens is 314 g/mol. The van der Waals surface area contributed by atoms with E-state index >= 15 is 0 Å². The molecule has 100 valence electrons. The molecule has 0 unspecified atom stereocenters. The summed E-state index contributed by atoms with van der Waals surface area (Å²) >= 11 is 3.43. The first-order valence-corrected chi connectivity index (χ1v) is 7.28. The number of hydrogen-bond donors (Lipinski definition) is 0. The number of ketones is 1. The summed E-state index contributed by atoms with van der Waals surface area (Å²) in [5, 5.41) is 1.16. The molecule has 0 aliphatic carbocycles. The van der Waals surface area contributed by atoms with Gasteiger partial charge in [-0.2, -0.15) is 0 Å². The maximum absolute atomic E-state index is 12.4. The molecule has 20 heavy (non-hydrogen) atoms. The lowest BCUT2D eigenvalue weighted by molar-refractivity contribution is 0.0973. The summed E-state index contributed by atoms with van der Waals surface area (Å²) in [6.45, 7) is 2.42. The number of Topliss-reactive ketones (excluding diaryl/α,β-unsaturated/α-hetero) is 1. The number of rotatable bonds is 3. The van der Waals surface area contributed by atoms with E-state index in [1.165, 1.54) is 5.56 Å². The molecule has 0 amide bonds. The molecule has 0 spiro atoms. The predicted molar refractivity (Wildman–Crippen MR) is 85.1 cm³/mol. The maximum atomic E-state index is 12.4. The molecule has 2 aromatic carbocycles. The molecule has 0 aliphatic rings. The zero-order valence-corrected chi connectivity index (χ0v) is 12.7. The van der Waals surface area contributed by atoms with E-state index in [1.807, 2.05) is 41.1 Å². The van der Waals surface area contributed by atoms with Crippen LogP contribution in [0.25, 0.3) is 10.9 Å². The highest BCUT2D eigenvalue weighted by molar-refractivity contribution is 9.10. The Hall–Kier alpha value is -1.87. The van der Waals surface area contributed by atoms with Crippen molar-refractivity contribution in [3.63, 3.8) is 0 Å². The molecule has 0 radical (unpaired) electrons. The van der Waals surface area contributed by atoms with Gasteiger partial charge in [-0.1, -0.05) is 46.3 Å². The Morgan fingerprint density at radius 1 is 1.15 bits per heavy atom. The third kappa shape index (κ3) is 2.41. The molecule has 0 bridgehead atoms. The summed E-state index contributed by atoms with van der Waals surface area (Å²) in [6.07, 6.45) is 1.97. The number of nitrogens with zero attached hydrogens (tertiary/aromatic N) is 1. The van der Waals surface area contributed by atoms with E-state index in [0.29, 0.717) is 6.54 Å². The van der Waals surface area contributed by atoms with Crippen molar-refractivity contribution in [2.75, 3.05) is 0 Å². The van der Waals surface area contributed by atoms with Crippen LogP contribution in [0.5, 0.6) is 0 Å². The number of hydrogen-bond acceptors (Lipinski definition) is 1. The number of aromatic nitrogens is 1. The smallest absolute Gasteiger partial charge is 0.183 e. The van der Waals surface area contributed by atoms with Gasteiger partial charge in [0, 0.05) is 21.7 Å². The van der Waals surface area contributed by atoms with Gasteiger partial charge < -0.3 is 4.57 Å². The SMILES string of the molecule is Cc1ccc2ccn(CC(=O)c3ccccc3Br)c2c1. The van der Waals surface area contributed by atoms with E-state index in [-0.39, 0.29) is 5.78 Å². The highest BCUT2D eigenvalue weighted by Gasteiger charge is 2.11. The minimum absolute atomic E-state index is 0.108. The van der Waals surface area contributed by atoms with Crippen LogP contribution in [-0.4, -0.2) is 10.4 Å². The van der Waals surface area contributed by atoms with Gasteiger partial charge in [0.1, 0.15) is 0 Å². The first-order valence-electron chi connectivity index (χ1n) is 6.48. The largest absolute Gasteiger partial charge is 0.340 e. The zero-order chi connectivity index (χ0) is 14.1. The van der Waals surface area contributed by atoms with Gasteiger partial charge >= 0.3 is 0 Å². The average molecular weight is 328 g/mol. The van der Waals surface area contributed by atoms with Gasteiger partial charge in [-0.3, -0.25) is 4.79 Å². The summed E-state index contributed by atoms with van der Waals surface area (Å²) < 4.78 is 2.85. The minimum Gasteiger partial charge on any atom is -0.340 e. The number of halogens is 1. The van der Waals surface area contributed by atoms with Gasteiger partial charge in [-0.15, -0.1) is 0 Å². The molecular formula is C17H14BrNO. The molecule has 3 aromatic rings. The Labute approximate surface area is 126 Å². The number of benzene rings is 2. The lowest BCUT2D eigenvalue weighted by atomic mass is 10.1. The Balaban J connectivity index is 1.96. The lowest BCUT2D eigenvalue weighted by Crippen LogP contribution is -2.10. The van der Waals surface area contributed by atoms with Crippen LogP contribution in [0, 0.1) is 6.92 Å². The van der Waals surface area contributed by atoms with E-state index in [0.717, 1.165) is 20.9 Å². The normalized spacial score (nSPS) is 10.9. The molecule has 0 N–H and O–H groups in total. The van der Waals surface area contributed by atoms with Crippen molar-refractivity contribution in [3.8, 4) is 0 Å². The van der Waals surface area contributed by atoms with Gasteiger partial charge in [-0.25, -0.2) is 0 Å². The van der Waals surface area contributed by atoms with Crippen molar-refractivity contribution in [3.05, 3.63) is 70.3 Å². The van der Waals surface area contributed by atoms with Crippen LogP contribution in [0.15, 0.2) is 59.2 Å². The molecule has 1 aromatic heterocycles. The number of carbonyl (C=O) groups excluding carboxylic acids is 1. The van der Waals surface area contributed by atoms with Crippen LogP contribution >= 0.6 is 15.9 Å². The molecule has 2 nitrogen and oxygen atoms in total. The van der Waals surface area contributed by atoms with Gasteiger partial charge in [-0.05, 0) is 36.1 Å². The number of aryl methyl sites for hydroxylation is 1. The van der Waals surface area contributed by atoms with Crippen LogP contribution in [-0.2, 0) is 6.54 Å². The Morgan fingerprint density at radius 3 is 2.75 bits per heavy atom. The zero-order valence-electron chi connectivity index (χ0n) is 11.1. The molecule has 0 fully saturated rings. The van der Waals surface area contributed by atoms with Gasteiger partial charge in [0.2, 0.25) is 0 Å². The van der Waals surface area contributed by atoms with Crippen molar-refractivity contribution >= 4 is 32.6 Å². The Bertz CT molecular complexity index is 789. The van der Waals surface area contributed by atoms with Crippen LogP contribution in [0.3, 0.4) is 0 Å². The minimum atomic E-state index is 0.108. The second-order valence-electron chi connectivity index (χ2n) is 4.91. The fourth-order valence-electron chi connectivity index (χ4n) is 2.36. The summed E-state index contributed by atoms with van der Waals surface area (Å²) in [5.74, 6) is 0.108. The molecule has 0 saturated carbocycles. The Morgan fingerprint density at radius 2 is 1.95 bits per heavy atom. The monoisotopic (exact) mass is 327 g/mol. The van der Waals surface area contributed by atoms with E-state index in [2.05, 4.69) is 41.1 Å². The Kier molecular flexibility index (Phi) is 3.45. The fourth-order valence-corrected chi connectivity index (χ4v) is 2.86. The van der Waals surface area contributed by atoms with Crippen LogP contribution < -0.4 is 0 Å². The van der Waals surface area contributed by atoms with E-state index in [1.54, 1.807) is 0 Å². The number of fused-ring (bicyclic) bond motifs is 1. The second-order valence-corrected chi connectivity index (χ2v) is 5.76. The first-order chi connectivity index (χ1) is 9.65. The molecule has 0 atom stereocenters. The molecule has 3 heteroatoms. The van der Waals surface area contributed by atoms with Crippen molar-refractivity contribution in [1.29, 1.82) is 0 Å². The van der Waals surface area contributed by atoms with Gasteiger partial charge in [0.15, 0.2) is 5.78 Å². The summed E-state index contributed by atoms with van der Waals surface area (Å²) in [6, 6.07) is 15.9. The van der Waals surface area contributed by atoms with E-state index < -0.39 is 0 Å². The summed E-state index contributed by atoms with van der Waals surface area (Å²) in [5.41, 5.74) is 3.03. The highest BCUT2D eigenvalue weighted by Crippen LogP contribution is 2.20. The molecule has 3 rings (SSSR count). The lowest BCUT2D eigenvalue weighted by Gasteiger charge is -2.07. The highest BCUT2D eigenvalue weighted by atomic mass is 79.9. The van der Waals surface area contributed by atoms with Crippen LogP contribution in [0.1, 0.15) is 15.9 Å². The summed E-state index contributed by atoms with van der Waals surface area (Å²) in [7, 11) is 0. The van der Waals surface area contributed by atoms with Crippen molar-refractivity contribution in [2.45, 2.75) is 13.5 Å². The second kappa shape index (κ2) is 5.25. The third-order valence-electron chi connectivity index (χ3n) is 3.42. The third-order valence-corrected chi connectivity index (χ3v) is 4.11. The molecule has 0 saturated heterocycles.